The zero-order valence-electron chi connectivity index (χ0n) is 10.8. The third-order valence-corrected chi connectivity index (χ3v) is 2.35. The zero-order valence-corrected chi connectivity index (χ0v) is 10.8. The van der Waals surface area contributed by atoms with Gasteiger partial charge >= 0.3 is 0 Å². The smallest absolute Gasteiger partial charge is 0.223 e. The van der Waals surface area contributed by atoms with Gasteiger partial charge in [-0.15, -0.1) is 0 Å². The van der Waals surface area contributed by atoms with Crippen molar-refractivity contribution in [2.45, 2.75) is 20.5 Å². The van der Waals surface area contributed by atoms with Gasteiger partial charge in [-0.2, -0.15) is 4.98 Å². The van der Waals surface area contributed by atoms with Crippen LogP contribution in [0.15, 0.2) is 22.7 Å². The number of rotatable bonds is 6. The summed E-state index contributed by atoms with van der Waals surface area (Å²) in [5.74, 6) is 1.79. The first-order chi connectivity index (χ1) is 9.24. The summed E-state index contributed by atoms with van der Waals surface area (Å²) in [4.78, 5) is 15.0. The van der Waals surface area contributed by atoms with Crippen LogP contribution in [0.4, 0.5) is 0 Å². The Morgan fingerprint density at radius 2 is 2.21 bits per heavy atom. The van der Waals surface area contributed by atoms with Gasteiger partial charge in [0.2, 0.25) is 11.7 Å². The molecular weight excluding hydrogens is 248 g/mol. The Bertz CT molecular complexity index is 566. The molecule has 0 fully saturated rings. The summed E-state index contributed by atoms with van der Waals surface area (Å²) in [6.45, 7) is 4.16. The summed E-state index contributed by atoms with van der Waals surface area (Å²) in [5.41, 5.74) is 0.422. The highest BCUT2D eigenvalue weighted by atomic mass is 16.5. The Labute approximate surface area is 110 Å². The first kappa shape index (κ1) is 13.1. The van der Waals surface area contributed by atoms with E-state index in [9.17, 15) is 4.79 Å². The Morgan fingerprint density at radius 1 is 1.37 bits per heavy atom. The van der Waals surface area contributed by atoms with Crippen molar-refractivity contribution in [3.05, 3.63) is 35.5 Å². The largest absolute Gasteiger partial charge is 0.490 e. The maximum atomic E-state index is 11.0. The SMILES string of the molecule is CCOc1cccc(C=O)c1OCc1noc(C)n1. The molecule has 0 aliphatic carbocycles. The van der Waals surface area contributed by atoms with Gasteiger partial charge in [0.05, 0.1) is 12.2 Å². The van der Waals surface area contributed by atoms with Crippen molar-refractivity contribution in [2.24, 2.45) is 0 Å². The van der Waals surface area contributed by atoms with Crippen LogP contribution in [0.2, 0.25) is 0 Å². The van der Waals surface area contributed by atoms with Crippen molar-refractivity contribution < 1.29 is 18.8 Å². The van der Waals surface area contributed by atoms with E-state index in [0.717, 1.165) is 6.29 Å². The second-order valence-electron chi connectivity index (χ2n) is 3.74. The van der Waals surface area contributed by atoms with Gasteiger partial charge in [0.1, 0.15) is 0 Å². The highest BCUT2D eigenvalue weighted by Gasteiger charge is 2.12. The molecule has 100 valence electrons. The molecule has 0 bridgehead atoms. The number of para-hydroxylation sites is 1. The second-order valence-corrected chi connectivity index (χ2v) is 3.74. The standard InChI is InChI=1S/C13H14N2O4/c1-3-17-11-6-4-5-10(7-16)13(11)18-8-12-14-9(2)19-15-12/h4-7H,3,8H2,1-2H3. The van der Waals surface area contributed by atoms with Gasteiger partial charge < -0.3 is 14.0 Å². The molecule has 2 aromatic rings. The number of carbonyl (C=O) groups is 1. The van der Waals surface area contributed by atoms with Gasteiger partial charge in [-0.25, -0.2) is 0 Å². The second kappa shape index (κ2) is 5.99. The summed E-state index contributed by atoms with van der Waals surface area (Å²) in [6.07, 6.45) is 0.722. The van der Waals surface area contributed by atoms with E-state index in [1.54, 1.807) is 25.1 Å². The maximum absolute atomic E-state index is 11.0. The molecule has 1 aromatic heterocycles. The highest BCUT2D eigenvalue weighted by molar-refractivity contribution is 5.81. The number of hydrogen-bond acceptors (Lipinski definition) is 6. The lowest BCUT2D eigenvalue weighted by Crippen LogP contribution is -2.03. The fourth-order valence-corrected chi connectivity index (χ4v) is 1.59. The first-order valence-electron chi connectivity index (χ1n) is 5.87. The molecule has 0 atom stereocenters. The Kier molecular flexibility index (Phi) is 4.12. The molecule has 6 nitrogen and oxygen atoms in total. The lowest BCUT2D eigenvalue weighted by molar-refractivity contribution is 0.111. The van der Waals surface area contributed by atoms with Crippen LogP contribution in [0, 0.1) is 6.92 Å². The Morgan fingerprint density at radius 3 is 2.84 bits per heavy atom. The number of nitrogens with zero attached hydrogens (tertiary/aromatic N) is 2. The van der Waals surface area contributed by atoms with E-state index in [2.05, 4.69) is 10.1 Å². The van der Waals surface area contributed by atoms with Gasteiger partial charge in [-0.05, 0) is 19.1 Å². The molecule has 19 heavy (non-hydrogen) atoms. The predicted molar refractivity (Wildman–Crippen MR) is 66.4 cm³/mol. The molecule has 2 rings (SSSR count). The van der Waals surface area contributed by atoms with E-state index in [4.69, 9.17) is 14.0 Å². The van der Waals surface area contributed by atoms with Crippen LogP contribution in [0.25, 0.3) is 0 Å². The number of benzene rings is 1. The van der Waals surface area contributed by atoms with Gasteiger partial charge in [-0.3, -0.25) is 4.79 Å². The summed E-state index contributed by atoms with van der Waals surface area (Å²) < 4.78 is 15.8. The minimum Gasteiger partial charge on any atom is -0.490 e. The minimum absolute atomic E-state index is 0.113. The van der Waals surface area contributed by atoms with Crippen molar-refractivity contribution >= 4 is 6.29 Å². The predicted octanol–water partition coefficient (Wildman–Crippen LogP) is 2.17. The molecule has 0 aliphatic heterocycles. The maximum Gasteiger partial charge on any atom is 0.223 e. The number of carbonyl (C=O) groups excluding carboxylic acids is 1. The summed E-state index contributed by atoms with van der Waals surface area (Å²) in [7, 11) is 0. The van der Waals surface area contributed by atoms with Crippen molar-refractivity contribution in [1.82, 2.24) is 10.1 Å². The number of ether oxygens (including phenoxy) is 2. The quantitative estimate of drug-likeness (QED) is 0.743. The third-order valence-electron chi connectivity index (χ3n) is 2.35. The molecular formula is C13H14N2O4. The van der Waals surface area contributed by atoms with E-state index in [1.807, 2.05) is 6.92 Å². The average molecular weight is 262 g/mol. The molecule has 0 amide bonds. The van der Waals surface area contributed by atoms with Crippen LogP contribution < -0.4 is 9.47 Å². The average Bonchev–Trinajstić information content (AvgIpc) is 2.83. The van der Waals surface area contributed by atoms with Crippen LogP contribution in [-0.2, 0) is 6.61 Å². The highest BCUT2D eigenvalue weighted by Crippen LogP contribution is 2.30. The molecule has 0 N–H and O–H groups in total. The van der Waals surface area contributed by atoms with Gasteiger partial charge in [0.25, 0.3) is 0 Å². The molecule has 0 aliphatic rings. The summed E-state index contributed by atoms with van der Waals surface area (Å²) >= 11 is 0. The third kappa shape index (κ3) is 3.09. The lowest BCUT2D eigenvalue weighted by Gasteiger charge is -2.12. The molecule has 0 saturated heterocycles. The fraction of sp³-hybridized carbons (Fsp3) is 0.308. The van der Waals surface area contributed by atoms with Crippen LogP contribution in [0.5, 0.6) is 11.5 Å². The van der Waals surface area contributed by atoms with E-state index >= 15 is 0 Å². The molecule has 6 heteroatoms. The van der Waals surface area contributed by atoms with E-state index in [0.29, 0.717) is 35.4 Å². The minimum atomic E-state index is 0.113. The Balaban J connectivity index is 2.19. The number of aromatic nitrogens is 2. The first-order valence-corrected chi connectivity index (χ1v) is 5.87. The Hall–Kier alpha value is -2.37. The molecule has 0 radical (unpaired) electrons. The van der Waals surface area contributed by atoms with E-state index in [1.165, 1.54) is 0 Å². The zero-order chi connectivity index (χ0) is 13.7. The van der Waals surface area contributed by atoms with Gasteiger partial charge in [-0.1, -0.05) is 11.2 Å². The normalized spacial score (nSPS) is 10.2. The van der Waals surface area contributed by atoms with E-state index in [-0.39, 0.29) is 6.61 Å². The van der Waals surface area contributed by atoms with Crippen molar-refractivity contribution in [3.63, 3.8) is 0 Å². The lowest BCUT2D eigenvalue weighted by atomic mass is 10.2. The summed E-state index contributed by atoms with van der Waals surface area (Å²) in [6, 6.07) is 5.14. The van der Waals surface area contributed by atoms with Crippen molar-refractivity contribution in [2.75, 3.05) is 6.61 Å². The van der Waals surface area contributed by atoms with Crippen LogP contribution in [-0.4, -0.2) is 23.0 Å². The molecule has 0 saturated carbocycles. The van der Waals surface area contributed by atoms with Gasteiger partial charge in [0, 0.05) is 6.92 Å². The molecule has 1 aromatic carbocycles. The van der Waals surface area contributed by atoms with Crippen molar-refractivity contribution in [3.8, 4) is 11.5 Å². The van der Waals surface area contributed by atoms with Crippen LogP contribution in [0.1, 0.15) is 29.0 Å². The number of aldehydes is 1. The van der Waals surface area contributed by atoms with E-state index < -0.39 is 0 Å². The summed E-state index contributed by atoms with van der Waals surface area (Å²) in [5, 5.41) is 3.72. The van der Waals surface area contributed by atoms with Gasteiger partial charge in [0.15, 0.2) is 24.4 Å². The molecule has 1 heterocycles. The van der Waals surface area contributed by atoms with Crippen molar-refractivity contribution in [1.29, 1.82) is 0 Å². The number of aryl methyl sites for hydroxylation is 1. The molecule has 0 spiro atoms. The monoisotopic (exact) mass is 262 g/mol. The fourth-order valence-electron chi connectivity index (χ4n) is 1.59. The van der Waals surface area contributed by atoms with Crippen LogP contribution >= 0.6 is 0 Å². The molecule has 0 unspecified atom stereocenters. The topological polar surface area (TPSA) is 74.5 Å². The number of hydrogen-bond donors (Lipinski definition) is 0. The van der Waals surface area contributed by atoms with Crippen LogP contribution in [0.3, 0.4) is 0 Å².